The second-order valence-corrected chi connectivity index (χ2v) is 4.56. The van der Waals surface area contributed by atoms with Gasteiger partial charge >= 0.3 is 0 Å². The predicted octanol–water partition coefficient (Wildman–Crippen LogP) is 2.44. The Morgan fingerprint density at radius 2 is 1.41 bits per heavy atom. The van der Waals surface area contributed by atoms with Crippen molar-refractivity contribution in [3.8, 4) is 0 Å². The Kier molecular flexibility index (Phi) is 33.2. The molecule has 0 aromatic heterocycles. The van der Waals surface area contributed by atoms with Gasteiger partial charge in [-0.15, -0.1) is 12.4 Å². The Hall–Kier alpha value is -1.29. The van der Waals surface area contributed by atoms with Crippen LogP contribution in [0.25, 0.3) is 0 Å². The molecule has 0 fully saturated rings. The Balaban J connectivity index is -0.000000160. The van der Waals surface area contributed by atoms with Crippen LogP contribution in [0.2, 0.25) is 0 Å². The minimum atomic E-state index is -0.321. The minimum Gasteiger partial charge on any atom is -0.399 e. The standard InChI is InChI=1S/C9H10FNO2.C6H15N.C2H6O.CH5NO.ClH/c1-13-11-9(6-12)7-2-4-8(10)5-3-7;1-4-7(5-2)6-3;1-2-3;1-3-2;/h2-5,12H,6H2,1H3;4-6H2,1-3H3;3H,2H2,1H3;2H2,1H3;1H/b11-9+;;;;. The maximum atomic E-state index is 12.5. The number of rotatable bonds is 6. The van der Waals surface area contributed by atoms with Crippen LogP contribution in [0.4, 0.5) is 4.39 Å². The first-order chi connectivity index (χ1) is 12.4. The molecule has 7 nitrogen and oxygen atoms in total. The zero-order valence-electron chi connectivity index (χ0n) is 17.3. The second-order valence-electron chi connectivity index (χ2n) is 4.56. The first-order valence-corrected chi connectivity index (χ1v) is 8.48. The van der Waals surface area contributed by atoms with Crippen LogP contribution < -0.4 is 5.90 Å². The highest BCUT2D eigenvalue weighted by Crippen LogP contribution is 2.04. The molecule has 27 heavy (non-hydrogen) atoms. The van der Waals surface area contributed by atoms with E-state index in [2.05, 4.69) is 46.4 Å². The molecule has 0 spiro atoms. The molecular formula is C18H37ClFN3O4. The fourth-order valence-electron chi connectivity index (χ4n) is 1.60. The molecule has 0 saturated carbocycles. The quantitative estimate of drug-likeness (QED) is 0.489. The summed E-state index contributed by atoms with van der Waals surface area (Å²) in [4.78, 5) is 10.6. The third kappa shape index (κ3) is 22.7. The summed E-state index contributed by atoms with van der Waals surface area (Å²) in [7, 11) is 2.79. The van der Waals surface area contributed by atoms with Crippen LogP contribution in [0.5, 0.6) is 0 Å². The zero-order valence-corrected chi connectivity index (χ0v) is 18.1. The van der Waals surface area contributed by atoms with Crippen molar-refractivity contribution in [1.29, 1.82) is 0 Å². The molecule has 0 saturated heterocycles. The number of hydrogen-bond donors (Lipinski definition) is 3. The van der Waals surface area contributed by atoms with Gasteiger partial charge in [-0.3, -0.25) is 0 Å². The average Bonchev–Trinajstić information content (AvgIpc) is 2.64. The van der Waals surface area contributed by atoms with Gasteiger partial charge in [-0.1, -0.05) is 38.1 Å². The van der Waals surface area contributed by atoms with Gasteiger partial charge in [-0.25, -0.2) is 10.3 Å². The summed E-state index contributed by atoms with van der Waals surface area (Å²) in [5, 5.41) is 20.0. The normalized spacial score (nSPS) is 9.52. The summed E-state index contributed by atoms with van der Waals surface area (Å²) < 4.78 is 12.5. The monoisotopic (exact) mass is 413 g/mol. The van der Waals surface area contributed by atoms with Crippen molar-refractivity contribution in [3.63, 3.8) is 0 Å². The van der Waals surface area contributed by atoms with Gasteiger partial charge in [0.1, 0.15) is 18.6 Å². The van der Waals surface area contributed by atoms with Crippen LogP contribution >= 0.6 is 12.4 Å². The van der Waals surface area contributed by atoms with E-state index in [0.717, 1.165) is 0 Å². The van der Waals surface area contributed by atoms with Gasteiger partial charge in [-0.05, 0) is 38.7 Å². The van der Waals surface area contributed by atoms with Gasteiger partial charge in [-0.2, -0.15) is 0 Å². The predicted molar refractivity (Wildman–Crippen MR) is 112 cm³/mol. The molecule has 1 aromatic rings. The molecule has 1 rings (SSSR count). The molecule has 0 aliphatic rings. The summed E-state index contributed by atoms with van der Waals surface area (Å²) >= 11 is 0. The molecule has 0 aliphatic heterocycles. The van der Waals surface area contributed by atoms with Crippen LogP contribution in [0.1, 0.15) is 33.3 Å². The van der Waals surface area contributed by atoms with Gasteiger partial charge in [0.05, 0.1) is 13.7 Å². The van der Waals surface area contributed by atoms with Crippen LogP contribution in [-0.2, 0) is 9.68 Å². The molecule has 0 amide bonds. The van der Waals surface area contributed by atoms with E-state index in [1.165, 1.54) is 58.1 Å². The van der Waals surface area contributed by atoms with Crippen LogP contribution in [-0.4, -0.2) is 67.9 Å². The highest BCUT2D eigenvalue weighted by molar-refractivity contribution is 6.01. The average molecular weight is 414 g/mol. The first-order valence-electron chi connectivity index (χ1n) is 8.48. The molecule has 9 heteroatoms. The molecule has 4 N–H and O–H groups in total. The molecule has 0 heterocycles. The topological polar surface area (TPSA) is 101 Å². The number of benzene rings is 1. The largest absolute Gasteiger partial charge is 0.399 e. The number of halogens is 2. The second kappa shape index (κ2) is 26.9. The molecule has 0 radical (unpaired) electrons. The Morgan fingerprint density at radius 3 is 1.63 bits per heavy atom. The van der Waals surface area contributed by atoms with E-state index >= 15 is 0 Å². The van der Waals surface area contributed by atoms with Crippen LogP contribution in [0, 0.1) is 5.82 Å². The number of oxime groups is 1. The SMILES string of the molecule is CCN(CC)CC.CCO.CO/N=C(\CO)c1ccc(F)cc1.CON.Cl. The molecule has 162 valence electrons. The van der Waals surface area contributed by atoms with Crippen molar-refractivity contribution in [3.05, 3.63) is 35.6 Å². The maximum absolute atomic E-state index is 12.5. The van der Waals surface area contributed by atoms with E-state index in [1.807, 2.05) is 0 Å². The van der Waals surface area contributed by atoms with Crippen LogP contribution in [0.3, 0.4) is 0 Å². The smallest absolute Gasteiger partial charge is 0.123 e. The van der Waals surface area contributed by atoms with Crippen molar-refractivity contribution >= 4 is 18.1 Å². The molecule has 0 aliphatic carbocycles. The highest BCUT2D eigenvalue weighted by Gasteiger charge is 2.02. The third-order valence-electron chi connectivity index (χ3n) is 2.87. The Morgan fingerprint density at radius 1 is 1.04 bits per heavy atom. The number of aliphatic hydroxyl groups is 2. The van der Waals surface area contributed by atoms with E-state index in [-0.39, 0.29) is 31.4 Å². The lowest BCUT2D eigenvalue weighted by Crippen LogP contribution is -2.21. The molecule has 0 unspecified atom stereocenters. The first kappa shape index (κ1) is 33.3. The Labute approximate surface area is 169 Å². The van der Waals surface area contributed by atoms with Gasteiger partial charge in [0, 0.05) is 12.2 Å². The van der Waals surface area contributed by atoms with E-state index < -0.39 is 0 Å². The lowest BCUT2D eigenvalue weighted by atomic mass is 10.1. The lowest BCUT2D eigenvalue weighted by Gasteiger charge is -2.13. The fourth-order valence-corrected chi connectivity index (χ4v) is 1.60. The van der Waals surface area contributed by atoms with Crippen molar-refractivity contribution < 1.29 is 24.3 Å². The van der Waals surface area contributed by atoms with Gasteiger partial charge < -0.3 is 24.8 Å². The van der Waals surface area contributed by atoms with E-state index in [9.17, 15) is 4.39 Å². The van der Waals surface area contributed by atoms with Crippen molar-refractivity contribution in [2.75, 3.05) is 47.1 Å². The molecule has 0 atom stereocenters. The summed E-state index contributed by atoms with van der Waals surface area (Å²) in [6, 6.07) is 5.67. The minimum absolute atomic E-state index is 0. The molecule has 0 bridgehead atoms. The Bertz CT molecular complexity index is 412. The van der Waals surface area contributed by atoms with Gasteiger partial charge in [0.15, 0.2) is 0 Å². The fraction of sp³-hybridized carbons (Fsp3) is 0.611. The number of hydrogen-bond acceptors (Lipinski definition) is 7. The van der Waals surface area contributed by atoms with E-state index in [1.54, 1.807) is 6.92 Å². The van der Waals surface area contributed by atoms with Crippen molar-refractivity contribution in [1.82, 2.24) is 4.90 Å². The zero-order chi connectivity index (χ0) is 20.8. The van der Waals surface area contributed by atoms with E-state index in [4.69, 9.17) is 10.2 Å². The number of nitrogens with two attached hydrogens (primary N) is 1. The van der Waals surface area contributed by atoms with Crippen LogP contribution in [0.15, 0.2) is 29.4 Å². The van der Waals surface area contributed by atoms with E-state index in [0.29, 0.717) is 11.3 Å². The van der Waals surface area contributed by atoms with Crippen molar-refractivity contribution in [2.45, 2.75) is 27.7 Å². The summed E-state index contributed by atoms with van der Waals surface area (Å²) in [5.74, 6) is 4.03. The summed E-state index contributed by atoms with van der Waals surface area (Å²) in [6.45, 7) is 11.8. The summed E-state index contributed by atoms with van der Waals surface area (Å²) in [6.07, 6.45) is 0. The molecule has 1 aromatic carbocycles. The van der Waals surface area contributed by atoms with Gasteiger partial charge in [0.2, 0.25) is 0 Å². The summed E-state index contributed by atoms with van der Waals surface area (Å²) in [5.41, 5.74) is 1.02. The van der Waals surface area contributed by atoms with Gasteiger partial charge in [0.25, 0.3) is 0 Å². The van der Waals surface area contributed by atoms with Crippen molar-refractivity contribution in [2.24, 2.45) is 11.1 Å². The number of aliphatic hydroxyl groups excluding tert-OH is 2. The number of nitrogens with zero attached hydrogens (tertiary/aromatic N) is 2. The third-order valence-corrected chi connectivity index (χ3v) is 2.87. The molecular weight excluding hydrogens is 377 g/mol. The highest BCUT2D eigenvalue weighted by atomic mass is 35.5. The maximum Gasteiger partial charge on any atom is 0.123 e. The lowest BCUT2D eigenvalue weighted by molar-refractivity contribution is 0.206.